The molecule has 0 aromatic heterocycles. The molecule has 3 aromatic rings. The molecule has 0 spiro atoms. The van der Waals surface area contributed by atoms with Crippen LogP contribution >= 0.6 is 0 Å². The number of carboxylic acids is 1. The Hall–Kier alpha value is -3.93. The second kappa shape index (κ2) is 10.4. The third-order valence-electron chi connectivity index (χ3n) is 7.43. The molecule has 1 heterocycles. The van der Waals surface area contributed by atoms with E-state index >= 15 is 0 Å². The van der Waals surface area contributed by atoms with Gasteiger partial charge >= 0.3 is 5.97 Å². The van der Waals surface area contributed by atoms with Gasteiger partial charge in [0.05, 0.1) is 17.5 Å². The maximum absolute atomic E-state index is 13.8. The molecule has 184 valence electrons. The lowest BCUT2D eigenvalue weighted by molar-refractivity contribution is -0.124. The van der Waals surface area contributed by atoms with Crippen molar-refractivity contribution in [3.8, 4) is 0 Å². The molecule has 2 N–H and O–H groups in total. The van der Waals surface area contributed by atoms with E-state index < -0.39 is 17.9 Å². The number of rotatable bonds is 7. The highest BCUT2D eigenvalue weighted by Gasteiger charge is 2.46. The number of hydrogen-bond donors (Lipinski definition) is 2. The molecule has 0 radical (unpaired) electrons. The average molecular weight is 483 g/mol. The number of carbonyl (C=O) groups excluding carboxylic acids is 2. The van der Waals surface area contributed by atoms with Crippen LogP contribution in [-0.4, -0.2) is 40.4 Å². The van der Waals surface area contributed by atoms with Crippen LogP contribution in [0.25, 0.3) is 0 Å². The van der Waals surface area contributed by atoms with E-state index in [1.807, 2.05) is 59.5 Å². The molecule has 1 aliphatic heterocycles. The zero-order chi connectivity index (χ0) is 25.1. The van der Waals surface area contributed by atoms with Crippen LogP contribution < -0.4 is 5.32 Å². The van der Waals surface area contributed by atoms with E-state index in [2.05, 4.69) is 5.32 Å². The van der Waals surface area contributed by atoms with E-state index in [0.717, 1.165) is 42.4 Å². The van der Waals surface area contributed by atoms with Gasteiger partial charge in [-0.3, -0.25) is 9.59 Å². The first kappa shape index (κ1) is 23.8. The number of benzene rings is 3. The molecule has 6 heteroatoms. The SMILES string of the molecule is O=C(O)c1ccc([C@H]2[C@H](C(=O)NCCc3ccccc3)c3ccccc3C(=O)N2C2CCCC2)cc1. The van der Waals surface area contributed by atoms with Gasteiger partial charge in [0.2, 0.25) is 5.91 Å². The fraction of sp³-hybridized carbons (Fsp3) is 0.300. The lowest BCUT2D eigenvalue weighted by Crippen LogP contribution is -2.51. The number of amides is 2. The predicted molar refractivity (Wildman–Crippen MR) is 137 cm³/mol. The molecule has 6 nitrogen and oxygen atoms in total. The lowest BCUT2D eigenvalue weighted by Gasteiger charge is -2.45. The Bertz CT molecular complexity index is 1250. The van der Waals surface area contributed by atoms with E-state index in [1.54, 1.807) is 24.3 Å². The number of nitrogens with zero attached hydrogens (tertiary/aromatic N) is 1. The van der Waals surface area contributed by atoms with Crippen molar-refractivity contribution in [3.05, 3.63) is 107 Å². The first-order valence-corrected chi connectivity index (χ1v) is 12.6. The van der Waals surface area contributed by atoms with Crippen molar-refractivity contribution in [2.24, 2.45) is 0 Å². The molecule has 1 fully saturated rings. The van der Waals surface area contributed by atoms with Gasteiger partial charge in [0.1, 0.15) is 0 Å². The molecule has 2 aliphatic rings. The Morgan fingerprint density at radius 1 is 0.889 bits per heavy atom. The third kappa shape index (κ3) is 4.63. The fourth-order valence-corrected chi connectivity index (χ4v) is 5.68. The van der Waals surface area contributed by atoms with Crippen LogP contribution in [0.5, 0.6) is 0 Å². The summed E-state index contributed by atoms with van der Waals surface area (Å²) in [6, 6.07) is 23.6. The Kier molecular flexibility index (Phi) is 6.85. The van der Waals surface area contributed by atoms with Crippen LogP contribution in [0.1, 0.15) is 75.0 Å². The van der Waals surface area contributed by atoms with E-state index in [9.17, 15) is 19.5 Å². The molecule has 3 aromatic carbocycles. The van der Waals surface area contributed by atoms with Crippen LogP contribution in [-0.2, 0) is 11.2 Å². The quantitative estimate of drug-likeness (QED) is 0.498. The number of fused-ring (bicyclic) bond motifs is 1. The van der Waals surface area contributed by atoms with Gasteiger partial charge in [-0.15, -0.1) is 0 Å². The molecule has 36 heavy (non-hydrogen) atoms. The number of hydrogen-bond acceptors (Lipinski definition) is 3. The summed E-state index contributed by atoms with van der Waals surface area (Å²) in [5.41, 5.74) is 3.40. The van der Waals surface area contributed by atoms with Crippen molar-refractivity contribution in [1.29, 1.82) is 0 Å². The van der Waals surface area contributed by atoms with Crippen LogP contribution in [0.15, 0.2) is 78.9 Å². The Morgan fingerprint density at radius 3 is 2.25 bits per heavy atom. The van der Waals surface area contributed by atoms with Crippen molar-refractivity contribution < 1.29 is 19.5 Å². The van der Waals surface area contributed by atoms with E-state index in [4.69, 9.17) is 0 Å². The van der Waals surface area contributed by atoms with Gasteiger partial charge in [-0.2, -0.15) is 0 Å². The molecule has 0 bridgehead atoms. The Labute approximate surface area is 211 Å². The maximum atomic E-state index is 13.8. The van der Waals surface area contributed by atoms with Crippen LogP contribution in [0, 0.1) is 0 Å². The lowest BCUT2D eigenvalue weighted by atomic mass is 9.78. The van der Waals surface area contributed by atoms with Gasteiger partial charge in [-0.05, 0) is 54.2 Å². The number of aromatic carboxylic acids is 1. The Balaban J connectivity index is 1.53. The van der Waals surface area contributed by atoms with Gasteiger partial charge in [-0.1, -0.05) is 73.5 Å². The van der Waals surface area contributed by atoms with Crippen molar-refractivity contribution in [1.82, 2.24) is 10.2 Å². The highest BCUT2D eigenvalue weighted by molar-refractivity contribution is 6.01. The highest BCUT2D eigenvalue weighted by atomic mass is 16.4. The van der Waals surface area contributed by atoms with Gasteiger partial charge in [-0.25, -0.2) is 4.79 Å². The maximum Gasteiger partial charge on any atom is 0.335 e. The highest BCUT2D eigenvalue weighted by Crippen LogP contribution is 2.46. The summed E-state index contributed by atoms with van der Waals surface area (Å²) in [5.74, 6) is -1.78. The normalized spacial score (nSPS) is 19.7. The molecule has 1 aliphatic carbocycles. The van der Waals surface area contributed by atoms with Gasteiger partial charge in [0.15, 0.2) is 0 Å². The molecule has 1 saturated carbocycles. The minimum absolute atomic E-state index is 0.0506. The summed E-state index contributed by atoms with van der Waals surface area (Å²) in [4.78, 5) is 41.0. The van der Waals surface area contributed by atoms with Crippen molar-refractivity contribution >= 4 is 17.8 Å². The molecule has 0 unspecified atom stereocenters. The molecule has 5 rings (SSSR count). The molecular weight excluding hydrogens is 452 g/mol. The second-order valence-corrected chi connectivity index (χ2v) is 9.61. The topological polar surface area (TPSA) is 86.7 Å². The van der Waals surface area contributed by atoms with E-state index in [1.165, 1.54) is 0 Å². The average Bonchev–Trinajstić information content (AvgIpc) is 3.44. The third-order valence-corrected chi connectivity index (χ3v) is 7.43. The van der Waals surface area contributed by atoms with E-state index in [-0.39, 0.29) is 23.4 Å². The fourth-order valence-electron chi connectivity index (χ4n) is 5.68. The number of carboxylic acid groups (broad SMARTS) is 1. The van der Waals surface area contributed by atoms with Crippen molar-refractivity contribution in [2.75, 3.05) is 6.54 Å². The van der Waals surface area contributed by atoms with Gasteiger partial charge in [0.25, 0.3) is 5.91 Å². The zero-order valence-electron chi connectivity index (χ0n) is 20.1. The molecule has 2 amide bonds. The smallest absolute Gasteiger partial charge is 0.335 e. The van der Waals surface area contributed by atoms with Gasteiger partial charge < -0.3 is 15.3 Å². The predicted octanol–water partition coefficient (Wildman–Crippen LogP) is 4.97. The summed E-state index contributed by atoms with van der Waals surface area (Å²) in [7, 11) is 0. The standard InChI is InChI=1S/C30H30N2O4/c33-28(31-19-18-20-8-2-1-3-9-20)26-24-12-6-7-13-25(24)29(34)32(23-10-4-5-11-23)27(26)21-14-16-22(17-15-21)30(35)36/h1-3,6-9,12-17,23,26-27H,4-5,10-11,18-19H2,(H,31,33)(H,35,36)/t26-,27+/m1/s1. The second-order valence-electron chi connectivity index (χ2n) is 9.61. The summed E-state index contributed by atoms with van der Waals surface area (Å²) in [6.45, 7) is 0.490. The summed E-state index contributed by atoms with van der Waals surface area (Å²) >= 11 is 0. The summed E-state index contributed by atoms with van der Waals surface area (Å²) in [6.07, 6.45) is 4.62. The summed E-state index contributed by atoms with van der Waals surface area (Å²) in [5, 5.41) is 12.5. The van der Waals surface area contributed by atoms with Crippen molar-refractivity contribution in [3.63, 3.8) is 0 Å². The Morgan fingerprint density at radius 2 is 1.56 bits per heavy atom. The summed E-state index contributed by atoms with van der Waals surface area (Å²) < 4.78 is 0. The number of carbonyl (C=O) groups is 3. The van der Waals surface area contributed by atoms with Crippen molar-refractivity contribution in [2.45, 2.75) is 50.1 Å². The first-order chi connectivity index (χ1) is 17.5. The largest absolute Gasteiger partial charge is 0.478 e. The van der Waals surface area contributed by atoms with Crippen LogP contribution in [0.3, 0.4) is 0 Å². The van der Waals surface area contributed by atoms with Crippen LogP contribution in [0.4, 0.5) is 0 Å². The number of nitrogens with one attached hydrogen (secondary N) is 1. The minimum Gasteiger partial charge on any atom is -0.478 e. The first-order valence-electron chi connectivity index (χ1n) is 12.6. The molecular formula is C30H30N2O4. The van der Waals surface area contributed by atoms with Gasteiger partial charge in [0, 0.05) is 18.2 Å². The van der Waals surface area contributed by atoms with E-state index in [0.29, 0.717) is 18.5 Å². The minimum atomic E-state index is -1.01. The molecule has 2 atom stereocenters. The van der Waals surface area contributed by atoms with Crippen LogP contribution in [0.2, 0.25) is 0 Å². The zero-order valence-corrected chi connectivity index (χ0v) is 20.1. The molecule has 0 saturated heterocycles. The monoisotopic (exact) mass is 482 g/mol.